The molecule has 3 N–H and O–H groups in total. The molecule has 384 valence electrons. The van der Waals surface area contributed by atoms with Crippen LogP contribution in [-0.4, -0.2) is 88.9 Å². The van der Waals surface area contributed by atoms with Gasteiger partial charge in [0.2, 0.25) is 15.5 Å². The fraction of sp³-hybridized carbons (Fsp3) is 0.397. The number of hydrogen-bond donors (Lipinski definition) is 3. The molecule has 0 atom stereocenters. The monoisotopic (exact) mass is 1040 g/mol. The Morgan fingerprint density at radius 3 is 1.79 bits per heavy atom. The molecule has 0 spiro atoms. The number of benzene rings is 5. The van der Waals surface area contributed by atoms with E-state index in [1.807, 2.05) is 48.6 Å². The largest absolute Gasteiger partial charge is 0.344 e. The van der Waals surface area contributed by atoms with Crippen molar-refractivity contribution in [2.24, 2.45) is 0 Å². The van der Waals surface area contributed by atoms with Gasteiger partial charge >= 0.3 is 0 Å². The van der Waals surface area contributed by atoms with Crippen molar-refractivity contribution >= 4 is 68.7 Å². The van der Waals surface area contributed by atoms with Gasteiger partial charge in [0.05, 0.1) is 46.4 Å². The van der Waals surface area contributed by atoms with E-state index in [1.54, 1.807) is 35.2 Å². The number of fused-ring (bicyclic) bond motifs is 6. The zero-order chi connectivity index (χ0) is 52.1. The second-order valence-electron chi connectivity index (χ2n) is 20.2. The topological polar surface area (TPSA) is 154 Å². The van der Waals surface area contributed by atoms with Gasteiger partial charge in [-0.25, -0.2) is 8.42 Å². The van der Waals surface area contributed by atoms with Crippen molar-refractivity contribution in [3.05, 3.63) is 160 Å². The fourth-order valence-corrected chi connectivity index (χ4v) is 14.0. The van der Waals surface area contributed by atoms with E-state index in [0.29, 0.717) is 49.9 Å². The van der Waals surface area contributed by atoms with E-state index >= 15 is 8.42 Å². The van der Waals surface area contributed by atoms with Crippen LogP contribution in [0.25, 0.3) is 21.5 Å². The first kappa shape index (κ1) is 54.6. The van der Waals surface area contributed by atoms with Crippen molar-refractivity contribution in [2.45, 2.75) is 109 Å². The third kappa shape index (κ3) is 11.9. The Hall–Kier alpha value is -5.22. The molecule has 1 aliphatic carbocycles. The smallest absolute Gasteiger partial charge is 0.264 e. The quantitative estimate of drug-likeness (QED) is 0.0442. The Labute approximate surface area is 428 Å². The summed E-state index contributed by atoms with van der Waals surface area (Å²) < 4.78 is 97.8. The SMILES string of the molecule is CC1(C)C(/C=C/C2=C(S(=O)(=O)c3ccccc3)C(=C/C=C3/N(CCCCS(=O)(=O)O)c4ccc5ccccc5c4C3(C)C)/CCC2)=[N+](CCCCS(=O)(=O)O)c2ccc3ccccc3c21.CC[NH+](CC)CC. The van der Waals surface area contributed by atoms with Crippen LogP contribution in [0.3, 0.4) is 0 Å². The molecule has 0 saturated heterocycles. The van der Waals surface area contributed by atoms with Crippen LogP contribution >= 0.6 is 0 Å². The second-order valence-corrected chi connectivity index (χ2v) is 25.2. The Kier molecular flexibility index (Phi) is 17.0. The van der Waals surface area contributed by atoms with Gasteiger partial charge in [-0.2, -0.15) is 21.4 Å². The maximum absolute atomic E-state index is 15.0. The first-order valence-corrected chi connectivity index (χ1v) is 30.2. The van der Waals surface area contributed by atoms with Gasteiger partial charge < -0.3 is 9.80 Å². The van der Waals surface area contributed by atoms with Crippen molar-refractivity contribution in [2.75, 3.05) is 49.1 Å². The molecule has 11 nitrogen and oxygen atoms in total. The zero-order valence-corrected chi connectivity index (χ0v) is 45.4. The van der Waals surface area contributed by atoms with Gasteiger partial charge in [0.25, 0.3) is 20.2 Å². The predicted octanol–water partition coefficient (Wildman–Crippen LogP) is 10.7. The van der Waals surface area contributed by atoms with E-state index in [0.717, 1.165) is 61.9 Å². The number of hydrogen-bond acceptors (Lipinski definition) is 7. The number of rotatable bonds is 18. The highest BCUT2D eigenvalue weighted by Gasteiger charge is 2.46. The third-order valence-corrected chi connectivity index (χ3v) is 18.3. The average molecular weight is 1040 g/mol. The fourth-order valence-electron chi connectivity index (χ4n) is 11.1. The van der Waals surface area contributed by atoms with Gasteiger partial charge in [-0.1, -0.05) is 98.8 Å². The van der Waals surface area contributed by atoms with Gasteiger partial charge in [-0.15, -0.1) is 0 Å². The number of unbranched alkanes of at least 4 members (excludes halogenated alkanes) is 2. The van der Waals surface area contributed by atoms with E-state index in [4.69, 9.17) is 0 Å². The number of sulfone groups is 1. The molecular formula is C58H73N3O8S3+2. The second kappa shape index (κ2) is 22.5. The summed E-state index contributed by atoms with van der Waals surface area (Å²) in [7, 11) is -12.3. The van der Waals surface area contributed by atoms with Crippen LogP contribution in [-0.2, 0) is 40.9 Å². The van der Waals surface area contributed by atoms with E-state index in [-0.39, 0.29) is 34.1 Å². The summed E-state index contributed by atoms with van der Waals surface area (Å²) >= 11 is 0. The lowest BCUT2D eigenvalue weighted by Crippen LogP contribution is -3.11. The summed E-state index contributed by atoms with van der Waals surface area (Å²) in [6.07, 6.45) is 11.4. The molecule has 0 aromatic heterocycles. The average Bonchev–Trinajstić information content (AvgIpc) is 3.71. The lowest BCUT2D eigenvalue weighted by Gasteiger charge is -2.28. The Morgan fingerprint density at radius 1 is 0.625 bits per heavy atom. The number of allylic oxidation sites excluding steroid dienone is 7. The highest BCUT2D eigenvalue weighted by Crippen LogP contribution is 2.51. The summed E-state index contributed by atoms with van der Waals surface area (Å²) in [6.45, 7) is 20.2. The molecule has 0 unspecified atom stereocenters. The van der Waals surface area contributed by atoms with Crippen LogP contribution in [0.15, 0.2) is 154 Å². The van der Waals surface area contributed by atoms with Crippen LogP contribution < -0.4 is 9.80 Å². The molecule has 5 aromatic rings. The first-order chi connectivity index (χ1) is 34.1. The van der Waals surface area contributed by atoms with E-state index in [9.17, 15) is 25.9 Å². The van der Waals surface area contributed by atoms with Crippen LogP contribution in [0, 0.1) is 0 Å². The minimum absolute atomic E-state index is 0.204. The van der Waals surface area contributed by atoms with Gasteiger partial charge in [0.1, 0.15) is 6.54 Å². The maximum Gasteiger partial charge on any atom is 0.264 e. The van der Waals surface area contributed by atoms with Gasteiger partial charge in [-0.3, -0.25) is 9.11 Å². The van der Waals surface area contributed by atoms with Crippen LogP contribution in [0.2, 0.25) is 0 Å². The van der Waals surface area contributed by atoms with E-state index in [2.05, 4.69) is 106 Å². The maximum atomic E-state index is 15.0. The summed E-state index contributed by atoms with van der Waals surface area (Å²) in [5.41, 5.74) is 6.60. The van der Waals surface area contributed by atoms with Crippen molar-refractivity contribution in [3.8, 4) is 0 Å². The Bertz CT molecular complexity index is 3310. The highest BCUT2D eigenvalue weighted by molar-refractivity contribution is 7.95. The standard InChI is InChI=1S/C52H56N2O8S3.C6H15N/c1-51(2)46(53(33-12-14-35-63(55,56)57)44-29-25-37-17-8-10-23-42(37)48(44)51)31-27-39-19-16-20-40(50(39)65(61,62)41-21-6-5-7-22-41)28-32-47-52(3,4)49-43-24-11-9-18-38(43)26-30-45(49)54(47)34-13-15-36-64(58,59)60;1-4-7(5-2)6-3/h5-11,17-18,21-32H,12-16,19-20,33-36H2,1-4H3,(H-,55,56,57,58,59,60);4-6H2,1-3H3/p+2. The molecule has 8 rings (SSSR count). The first-order valence-electron chi connectivity index (χ1n) is 25.5. The predicted molar refractivity (Wildman–Crippen MR) is 295 cm³/mol. The molecule has 0 bridgehead atoms. The van der Waals surface area contributed by atoms with Crippen LogP contribution in [0.1, 0.15) is 105 Å². The summed E-state index contributed by atoms with van der Waals surface area (Å²) in [4.78, 5) is 4.38. The van der Waals surface area contributed by atoms with E-state index < -0.39 is 40.9 Å². The van der Waals surface area contributed by atoms with Gasteiger partial charge in [0.15, 0.2) is 5.71 Å². The Morgan fingerprint density at radius 2 is 1.19 bits per heavy atom. The molecule has 0 radical (unpaired) electrons. The van der Waals surface area contributed by atoms with Crippen LogP contribution in [0.4, 0.5) is 11.4 Å². The minimum Gasteiger partial charge on any atom is -0.344 e. The number of nitrogens with one attached hydrogen (secondary N) is 1. The van der Waals surface area contributed by atoms with E-state index in [1.165, 1.54) is 19.6 Å². The summed E-state index contributed by atoms with van der Waals surface area (Å²) in [5.74, 6) is -0.658. The lowest BCUT2D eigenvalue weighted by atomic mass is 9.78. The van der Waals surface area contributed by atoms with Crippen molar-refractivity contribution in [1.29, 1.82) is 0 Å². The number of anilines is 1. The minimum atomic E-state index is -4.11. The van der Waals surface area contributed by atoms with Crippen molar-refractivity contribution < 1.29 is 43.8 Å². The zero-order valence-electron chi connectivity index (χ0n) is 43.0. The third-order valence-electron chi connectivity index (χ3n) is 14.8. The highest BCUT2D eigenvalue weighted by atomic mass is 32.2. The van der Waals surface area contributed by atoms with Crippen molar-refractivity contribution in [1.82, 2.24) is 0 Å². The molecular weight excluding hydrogens is 963 g/mol. The number of quaternary nitrogens is 1. The molecule has 14 heteroatoms. The van der Waals surface area contributed by atoms with Crippen LogP contribution in [0.5, 0.6) is 0 Å². The Balaban J connectivity index is 0.00000101. The molecule has 72 heavy (non-hydrogen) atoms. The lowest BCUT2D eigenvalue weighted by molar-refractivity contribution is -0.894. The van der Waals surface area contributed by atoms with Gasteiger partial charge in [-0.05, 0) is 142 Å². The number of nitrogens with zero attached hydrogens (tertiary/aromatic N) is 2. The molecule has 0 amide bonds. The molecule has 3 aliphatic rings. The van der Waals surface area contributed by atoms with Crippen molar-refractivity contribution in [3.63, 3.8) is 0 Å². The molecule has 0 saturated carbocycles. The summed E-state index contributed by atoms with van der Waals surface area (Å²) in [6, 6.07) is 33.4. The molecule has 2 aliphatic heterocycles. The normalized spacial score (nSPS) is 17.9. The summed E-state index contributed by atoms with van der Waals surface area (Å²) in [5, 5.41) is 4.43. The molecule has 0 fully saturated rings. The molecule has 2 heterocycles. The molecule has 5 aromatic carbocycles. The van der Waals surface area contributed by atoms with Gasteiger partial charge in [0, 0.05) is 47.5 Å².